The number of aromatic nitrogens is 1. The van der Waals surface area contributed by atoms with Crippen LogP contribution in [0.15, 0.2) is 53.3 Å². The maximum absolute atomic E-state index is 12.1. The van der Waals surface area contributed by atoms with Crippen molar-refractivity contribution in [1.82, 2.24) is 10.3 Å². The van der Waals surface area contributed by atoms with Crippen LogP contribution in [0.2, 0.25) is 5.02 Å². The van der Waals surface area contributed by atoms with E-state index in [2.05, 4.69) is 10.3 Å². The Bertz CT molecular complexity index is 930. The molecule has 0 fully saturated rings. The summed E-state index contributed by atoms with van der Waals surface area (Å²) < 4.78 is 0. The molecule has 0 bridgehead atoms. The highest BCUT2D eigenvalue weighted by atomic mass is 35.5. The summed E-state index contributed by atoms with van der Waals surface area (Å²) in [5, 5.41) is 4.26. The van der Waals surface area contributed by atoms with Crippen LogP contribution in [-0.2, 0) is 6.54 Å². The fourth-order valence-corrected chi connectivity index (χ4v) is 2.50. The van der Waals surface area contributed by atoms with E-state index >= 15 is 0 Å². The van der Waals surface area contributed by atoms with Crippen LogP contribution in [0.25, 0.3) is 10.9 Å². The SMILES string of the molecule is Cc1ccc2cc(CNC(=O)c3ccc(Cl)cc3)c(=O)[nH]c2c1. The van der Waals surface area contributed by atoms with Crippen LogP contribution in [0.1, 0.15) is 21.5 Å². The van der Waals surface area contributed by atoms with Gasteiger partial charge >= 0.3 is 0 Å². The van der Waals surface area contributed by atoms with Gasteiger partial charge in [0.2, 0.25) is 0 Å². The molecule has 0 atom stereocenters. The molecule has 1 amide bonds. The van der Waals surface area contributed by atoms with Crippen molar-refractivity contribution < 1.29 is 4.79 Å². The largest absolute Gasteiger partial charge is 0.348 e. The summed E-state index contributed by atoms with van der Waals surface area (Å²) >= 11 is 5.80. The van der Waals surface area contributed by atoms with Gasteiger partial charge in [-0.05, 0) is 54.3 Å². The molecule has 2 aromatic carbocycles. The van der Waals surface area contributed by atoms with Crippen LogP contribution < -0.4 is 10.9 Å². The second-order valence-electron chi connectivity index (χ2n) is 5.40. The van der Waals surface area contributed by atoms with Gasteiger partial charge in [0.15, 0.2) is 0 Å². The number of fused-ring (bicyclic) bond motifs is 1. The molecule has 116 valence electrons. The standard InChI is InChI=1S/C18H15ClN2O2/c1-11-2-3-13-9-14(18(23)21-16(13)8-11)10-20-17(22)12-4-6-15(19)7-5-12/h2-9H,10H2,1H3,(H,20,22)(H,21,23). The lowest BCUT2D eigenvalue weighted by molar-refractivity contribution is 0.0951. The van der Waals surface area contributed by atoms with Crippen LogP contribution in [0.5, 0.6) is 0 Å². The lowest BCUT2D eigenvalue weighted by Crippen LogP contribution is -2.26. The zero-order valence-electron chi connectivity index (χ0n) is 12.5. The first kappa shape index (κ1) is 15.3. The fraction of sp³-hybridized carbons (Fsp3) is 0.111. The van der Waals surface area contributed by atoms with Crippen LogP contribution >= 0.6 is 11.6 Å². The molecule has 0 radical (unpaired) electrons. The molecule has 3 rings (SSSR count). The molecule has 0 spiro atoms. The second-order valence-corrected chi connectivity index (χ2v) is 5.84. The van der Waals surface area contributed by atoms with Crippen LogP contribution in [-0.4, -0.2) is 10.9 Å². The van der Waals surface area contributed by atoms with E-state index in [1.807, 2.05) is 25.1 Å². The molecule has 0 aliphatic heterocycles. The molecule has 5 heteroatoms. The van der Waals surface area contributed by atoms with Crippen molar-refractivity contribution in [2.24, 2.45) is 0 Å². The Morgan fingerprint density at radius 1 is 1.13 bits per heavy atom. The molecule has 2 N–H and O–H groups in total. The normalized spacial score (nSPS) is 10.7. The Hall–Kier alpha value is -2.59. The summed E-state index contributed by atoms with van der Waals surface area (Å²) in [5.74, 6) is -0.245. The Labute approximate surface area is 138 Å². The van der Waals surface area contributed by atoms with Gasteiger partial charge in [0, 0.05) is 28.2 Å². The van der Waals surface area contributed by atoms with Crippen molar-refractivity contribution in [2.75, 3.05) is 0 Å². The number of aryl methyl sites for hydroxylation is 1. The molecule has 0 aliphatic carbocycles. The monoisotopic (exact) mass is 326 g/mol. The maximum Gasteiger partial charge on any atom is 0.253 e. The summed E-state index contributed by atoms with van der Waals surface area (Å²) in [5.41, 5.74) is 2.70. The van der Waals surface area contributed by atoms with Gasteiger partial charge in [-0.25, -0.2) is 0 Å². The third kappa shape index (κ3) is 3.43. The number of pyridine rings is 1. The van der Waals surface area contributed by atoms with E-state index in [1.165, 1.54) is 0 Å². The Balaban J connectivity index is 1.80. The minimum atomic E-state index is -0.245. The third-order valence-corrected chi connectivity index (χ3v) is 3.88. The van der Waals surface area contributed by atoms with E-state index in [0.717, 1.165) is 16.5 Å². The predicted molar refractivity (Wildman–Crippen MR) is 91.9 cm³/mol. The summed E-state index contributed by atoms with van der Waals surface area (Å²) in [6.07, 6.45) is 0. The number of benzene rings is 2. The molecule has 0 saturated heterocycles. The molecular formula is C18H15ClN2O2. The molecule has 1 heterocycles. The van der Waals surface area contributed by atoms with Gasteiger partial charge in [-0.2, -0.15) is 0 Å². The fourth-order valence-electron chi connectivity index (χ4n) is 2.37. The van der Waals surface area contributed by atoms with Gasteiger partial charge in [-0.3, -0.25) is 9.59 Å². The molecule has 1 aromatic heterocycles. The van der Waals surface area contributed by atoms with E-state index < -0.39 is 0 Å². The molecule has 4 nitrogen and oxygen atoms in total. The average molecular weight is 327 g/mol. The van der Waals surface area contributed by atoms with E-state index in [4.69, 9.17) is 11.6 Å². The highest BCUT2D eigenvalue weighted by molar-refractivity contribution is 6.30. The van der Waals surface area contributed by atoms with E-state index in [9.17, 15) is 9.59 Å². The quantitative estimate of drug-likeness (QED) is 0.774. The topological polar surface area (TPSA) is 62.0 Å². The Morgan fingerprint density at radius 3 is 2.61 bits per heavy atom. The second kappa shape index (κ2) is 6.26. The van der Waals surface area contributed by atoms with Crippen molar-refractivity contribution in [3.8, 4) is 0 Å². The molecule has 3 aromatic rings. The lowest BCUT2D eigenvalue weighted by atomic mass is 10.1. The number of hydrogen-bond donors (Lipinski definition) is 2. The van der Waals surface area contributed by atoms with Crippen molar-refractivity contribution in [1.29, 1.82) is 0 Å². The van der Waals surface area contributed by atoms with Crippen LogP contribution in [0, 0.1) is 6.92 Å². The minimum Gasteiger partial charge on any atom is -0.348 e. The Morgan fingerprint density at radius 2 is 1.87 bits per heavy atom. The van der Waals surface area contributed by atoms with Crippen molar-refractivity contribution >= 4 is 28.4 Å². The minimum absolute atomic E-state index is 0.167. The predicted octanol–water partition coefficient (Wildman–Crippen LogP) is 3.42. The molecule has 0 unspecified atom stereocenters. The van der Waals surface area contributed by atoms with Gasteiger partial charge in [0.1, 0.15) is 0 Å². The zero-order chi connectivity index (χ0) is 16.4. The number of H-pyrrole nitrogens is 1. The third-order valence-electron chi connectivity index (χ3n) is 3.62. The number of carbonyl (C=O) groups is 1. The summed E-state index contributed by atoms with van der Waals surface area (Å²) in [6.45, 7) is 2.14. The van der Waals surface area contributed by atoms with E-state index in [-0.39, 0.29) is 18.0 Å². The maximum atomic E-state index is 12.1. The van der Waals surface area contributed by atoms with Gasteiger partial charge in [0.05, 0.1) is 0 Å². The summed E-state index contributed by atoms with van der Waals surface area (Å²) in [4.78, 5) is 27.0. The Kier molecular flexibility index (Phi) is 4.17. The number of aromatic amines is 1. The van der Waals surface area contributed by atoms with Gasteiger partial charge in [0.25, 0.3) is 11.5 Å². The lowest BCUT2D eigenvalue weighted by Gasteiger charge is -2.07. The number of hydrogen-bond acceptors (Lipinski definition) is 2. The molecular weight excluding hydrogens is 312 g/mol. The van der Waals surface area contributed by atoms with Gasteiger partial charge in [-0.1, -0.05) is 23.7 Å². The highest BCUT2D eigenvalue weighted by Gasteiger charge is 2.08. The summed E-state index contributed by atoms with van der Waals surface area (Å²) in [7, 11) is 0. The molecule has 23 heavy (non-hydrogen) atoms. The smallest absolute Gasteiger partial charge is 0.253 e. The van der Waals surface area contributed by atoms with E-state index in [0.29, 0.717) is 16.1 Å². The van der Waals surface area contributed by atoms with Crippen LogP contribution in [0.4, 0.5) is 0 Å². The average Bonchev–Trinajstić information content (AvgIpc) is 2.53. The zero-order valence-corrected chi connectivity index (χ0v) is 13.3. The van der Waals surface area contributed by atoms with E-state index in [1.54, 1.807) is 30.3 Å². The first-order valence-electron chi connectivity index (χ1n) is 7.19. The molecule has 0 aliphatic rings. The number of carbonyl (C=O) groups excluding carboxylic acids is 1. The summed E-state index contributed by atoms with van der Waals surface area (Å²) in [6, 6.07) is 14.3. The number of rotatable bonds is 3. The van der Waals surface area contributed by atoms with Gasteiger partial charge < -0.3 is 10.3 Å². The first-order valence-corrected chi connectivity index (χ1v) is 7.57. The highest BCUT2D eigenvalue weighted by Crippen LogP contribution is 2.13. The van der Waals surface area contributed by atoms with Crippen molar-refractivity contribution in [2.45, 2.75) is 13.5 Å². The first-order chi connectivity index (χ1) is 11.0. The number of halogens is 1. The van der Waals surface area contributed by atoms with Crippen molar-refractivity contribution in [3.05, 3.63) is 80.6 Å². The van der Waals surface area contributed by atoms with Crippen molar-refractivity contribution in [3.63, 3.8) is 0 Å². The number of nitrogens with one attached hydrogen (secondary N) is 2. The number of amides is 1. The molecule has 0 saturated carbocycles. The van der Waals surface area contributed by atoms with Gasteiger partial charge in [-0.15, -0.1) is 0 Å². The van der Waals surface area contributed by atoms with Crippen LogP contribution in [0.3, 0.4) is 0 Å².